The maximum atomic E-state index is 13.5. The number of H-pyrrole nitrogens is 1. The highest BCUT2D eigenvalue weighted by Crippen LogP contribution is 2.28. The lowest BCUT2D eigenvalue weighted by molar-refractivity contribution is -0.130. The Kier molecular flexibility index (Phi) is 8.65. The van der Waals surface area contributed by atoms with E-state index in [2.05, 4.69) is 15.6 Å². The van der Waals surface area contributed by atoms with E-state index in [0.29, 0.717) is 34.7 Å². The van der Waals surface area contributed by atoms with Gasteiger partial charge in [-0.1, -0.05) is 12.1 Å². The van der Waals surface area contributed by atoms with Crippen molar-refractivity contribution in [3.8, 4) is 0 Å². The van der Waals surface area contributed by atoms with E-state index in [1.165, 1.54) is 17.9 Å². The number of aromatic nitrogens is 1. The Bertz CT molecular complexity index is 1380. The van der Waals surface area contributed by atoms with Gasteiger partial charge in [-0.25, -0.2) is 4.79 Å². The van der Waals surface area contributed by atoms with Crippen molar-refractivity contribution in [2.75, 3.05) is 23.8 Å². The van der Waals surface area contributed by atoms with E-state index in [1.54, 1.807) is 25.2 Å². The first-order valence-electron chi connectivity index (χ1n) is 13.1. The summed E-state index contributed by atoms with van der Waals surface area (Å²) < 4.78 is 0. The summed E-state index contributed by atoms with van der Waals surface area (Å²) in [6.45, 7) is 2.09. The van der Waals surface area contributed by atoms with Crippen LogP contribution in [0.5, 0.6) is 0 Å². The number of rotatable bonds is 9. The molecule has 1 aliphatic rings. The molecule has 1 unspecified atom stereocenters. The van der Waals surface area contributed by atoms with Gasteiger partial charge in [-0.3, -0.25) is 14.4 Å². The Hall–Kier alpha value is -4.18. The number of carbonyl (C=O) groups excluding carboxylic acids is 3. The van der Waals surface area contributed by atoms with Crippen molar-refractivity contribution in [2.45, 2.75) is 45.1 Å². The summed E-state index contributed by atoms with van der Waals surface area (Å²) in [5.74, 6) is -1.48. The lowest BCUT2D eigenvalue weighted by Gasteiger charge is -2.28. The number of anilines is 2. The Morgan fingerprint density at radius 1 is 1.08 bits per heavy atom. The van der Waals surface area contributed by atoms with E-state index in [9.17, 15) is 24.3 Å². The van der Waals surface area contributed by atoms with E-state index >= 15 is 0 Å². The molecule has 0 saturated heterocycles. The fourth-order valence-corrected chi connectivity index (χ4v) is 5.02. The number of hydrogen-bond acceptors (Lipinski definition) is 5. The van der Waals surface area contributed by atoms with Crippen LogP contribution in [-0.4, -0.2) is 53.4 Å². The summed E-state index contributed by atoms with van der Waals surface area (Å²) in [5, 5.41) is 15.7. The van der Waals surface area contributed by atoms with Gasteiger partial charge in [-0.05, 0) is 80.1 Å². The zero-order chi connectivity index (χ0) is 28.1. The number of carboxylic acids is 1. The quantitative estimate of drug-likeness (QED) is 0.284. The molecule has 206 valence electrons. The number of fused-ring (bicyclic) bond motifs is 1. The number of nitrogens with two attached hydrogens (primary N) is 1. The van der Waals surface area contributed by atoms with Crippen molar-refractivity contribution >= 4 is 46.0 Å². The number of aromatic carboxylic acids is 1. The van der Waals surface area contributed by atoms with Gasteiger partial charge >= 0.3 is 5.97 Å². The number of nitrogens with zero attached hydrogens (tertiary/aromatic N) is 1. The SMILES string of the molecule is CC(=O)N(C)c1cccc(CC(NC(=O)C2CCC(CN)CC2)C(=O)Nc2ccc3[nH]c(C(=O)O)cc3c2)c1. The molecule has 3 amide bonds. The highest BCUT2D eigenvalue weighted by Gasteiger charge is 2.29. The molecule has 1 aliphatic carbocycles. The molecule has 2 aromatic carbocycles. The molecular formula is C29H35N5O5. The van der Waals surface area contributed by atoms with Crippen LogP contribution in [0.2, 0.25) is 0 Å². The van der Waals surface area contributed by atoms with Gasteiger partial charge in [0.05, 0.1) is 0 Å². The molecule has 0 aliphatic heterocycles. The number of carbonyl (C=O) groups is 4. The molecule has 10 nitrogen and oxygen atoms in total. The maximum absolute atomic E-state index is 13.5. The first-order chi connectivity index (χ1) is 18.6. The molecule has 39 heavy (non-hydrogen) atoms. The third-order valence-electron chi connectivity index (χ3n) is 7.51. The van der Waals surface area contributed by atoms with E-state index in [1.807, 2.05) is 24.3 Å². The van der Waals surface area contributed by atoms with E-state index in [0.717, 1.165) is 31.2 Å². The van der Waals surface area contributed by atoms with Crippen LogP contribution < -0.4 is 21.3 Å². The molecule has 4 rings (SSSR count). The fraction of sp³-hybridized carbons (Fsp3) is 0.379. The normalized spacial score (nSPS) is 17.8. The largest absolute Gasteiger partial charge is 0.477 e. The Morgan fingerprint density at radius 3 is 2.49 bits per heavy atom. The monoisotopic (exact) mass is 533 g/mol. The Balaban J connectivity index is 1.54. The fourth-order valence-electron chi connectivity index (χ4n) is 5.02. The summed E-state index contributed by atoms with van der Waals surface area (Å²) in [4.78, 5) is 54.2. The minimum absolute atomic E-state index is 0.0541. The van der Waals surface area contributed by atoms with Crippen molar-refractivity contribution in [1.29, 1.82) is 0 Å². The van der Waals surface area contributed by atoms with E-state index in [4.69, 9.17) is 5.73 Å². The number of nitrogens with one attached hydrogen (secondary N) is 3. The van der Waals surface area contributed by atoms with Crippen molar-refractivity contribution < 1.29 is 24.3 Å². The predicted octanol–water partition coefficient (Wildman–Crippen LogP) is 3.28. The second-order valence-electron chi connectivity index (χ2n) is 10.2. The van der Waals surface area contributed by atoms with Crippen LogP contribution in [0.15, 0.2) is 48.5 Å². The summed E-state index contributed by atoms with van der Waals surface area (Å²) >= 11 is 0. The van der Waals surface area contributed by atoms with Crippen LogP contribution in [0, 0.1) is 11.8 Å². The van der Waals surface area contributed by atoms with Gasteiger partial charge < -0.3 is 31.4 Å². The first-order valence-corrected chi connectivity index (χ1v) is 13.1. The molecule has 0 radical (unpaired) electrons. The number of carboxylic acid groups (broad SMARTS) is 1. The summed E-state index contributed by atoms with van der Waals surface area (Å²) in [5.41, 5.74) is 8.45. The van der Waals surface area contributed by atoms with Gasteiger partial charge in [-0.2, -0.15) is 0 Å². The molecule has 1 fully saturated rings. The predicted molar refractivity (Wildman–Crippen MR) is 150 cm³/mol. The summed E-state index contributed by atoms with van der Waals surface area (Å²) in [7, 11) is 1.68. The van der Waals surface area contributed by atoms with Crippen molar-refractivity contribution in [2.24, 2.45) is 17.6 Å². The van der Waals surface area contributed by atoms with Gasteiger partial charge in [0.1, 0.15) is 11.7 Å². The minimum atomic E-state index is -1.07. The maximum Gasteiger partial charge on any atom is 0.352 e. The highest BCUT2D eigenvalue weighted by atomic mass is 16.4. The lowest BCUT2D eigenvalue weighted by Crippen LogP contribution is -2.48. The van der Waals surface area contributed by atoms with Gasteiger partial charge in [0, 0.05) is 48.6 Å². The van der Waals surface area contributed by atoms with E-state index < -0.39 is 17.9 Å². The summed E-state index contributed by atoms with van der Waals surface area (Å²) in [6.07, 6.45) is 3.47. The van der Waals surface area contributed by atoms with Gasteiger partial charge in [0.2, 0.25) is 17.7 Å². The molecule has 0 spiro atoms. The van der Waals surface area contributed by atoms with Crippen LogP contribution in [0.1, 0.15) is 48.7 Å². The Morgan fingerprint density at radius 2 is 1.82 bits per heavy atom. The van der Waals surface area contributed by atoms with Crippen molar-refractivity contribution in [1.82, 2.24) is 10.3 Å². The van der Waals surface area contributed by atoms with Crippen LogP contribution in [0.3, 0.4) is 0 Å². The van der Waals surface area contributed by atoms with Crippen LogP contribution in [0.4, 0.5) is 11.4 Å². The van der Waals surface area contributed by atoms with Crippen LogP contribution in [0.25, 0.3) is 10.9 Å². The third kappa shape index (κ3) is 6.83. The molecule has 3 aromatic rings. The minimum Gasteiger partial charge on any atom is -0.477 e. The van der Waals surface area contributed by atoms with Crippen LogP contribution in [-0.2, 0) is 20.8 Å². The molecule has 1 atom stereocenters. The van der Waals surface area contributed by atoms with Crippen molar-refractivity contribution in [3.05, 3.63) is 59.8 Å². The van der Waals surface area contributed by atoms with Crippen LogP contribution >= 0.6 is 0 Å². The number of hydrogen-bond donors (Lipinski definition) is 5. The molecular weight excluding hydrogens is 498 g/mol. The zero-order valence-electron chi connectivity index (χ0n) is 22.2. The van der Waals surface area contributed by atoms with Gasteiger partial charge in [0.15, 0.2) is 0 Å². The number of amides is 3. The molecule has 0 bridgehead atoms. The van der Waals surface area contributed by atoms with Gasteiger partial charge in [0.25, 0.3) is 0 Å². The standard InChI is InChI=1S/C29H35N5O5/c1-17(35)34(2)23-5-3-4-19(12-23)13-25(33-27(36)20-8-6-18(16-30)7-9-20)28(37)31-22-10-11-24-21(14-22)15-26(32-24)29(38)39/h3-5,10-12,14-15,18,20,25,32H,6-9,13,16,30H2,1-2H3,(H,31,37)(H,33,36)(H,38,39). The molecule has 6 N–H and O–H groups in total. The zero-order valence-corrected chi connectivity index (χ0v) is 22.2. The molecule has 1 heterocycles. The summed E-state index contributed by atoms with van der Waals surface area (Å²) in [6, 6.07) is 13.0. The average molecular weight is 534 g/mol. The van der Waals surface area contributed by atoms with Crippen molar-refractivity contribution in [3.63, 3.8) is 0 Å². The molecule has 1 saturated carbocycles. The van der Waals surface area contributed by atoms with E-state index in [-0.39, 0.29) is 29.8 Å². The second kappa shape index (κ2) is 12.1. The average Bonchev–Trinajstić information content (AvgIpc) is 3.36. The lowest BCUT2D eigenvalue weighted by atomic mass is 9.81. The molecule has 10 heteroatoms. The smallest absolute Gasteiger partial charge is 0.352 e. The number of aromatic amines is 1. The molecule has 1 aromatic heterocycles. The third-order valence-corrected chi connectivity index (χ3v) is 7.51. The number of benzene rings is 2. The highest BCUT2D eigenvalue weighted by molar-refractivity contribution is 6.00. The first kappa shape index (κ1) is 27.8. The van der Waals surface area contributed by atoms with Gasteiger partial charge in [-0.15, -0.1) is 0 Å². The topological polar surface area (TPSA) is 158 Å². The second-order valence-corrected chi connectivity index (χ2v) is 10.2. The Labute approximate surface area is 226 Å².